The standard InChI is InChI=1S/C15H11Br2ClO/c16-13-8-11(18)2-3-12(13)15(17)10-1-4-14-9(7-10)5-6-19-14/h1-4,7-8,15H,5-6H2. The molecule has 0 aromatic heterocycles. The summed E-state index contributed by atoms with van der Waals surface area (Å²) >= 11 is 13.3. The fraction of sp³-hybridized carbons (Fsp3) is 0.200. The van der Waals surface area contributed by atoms with E-state index in [-0.39, 0.29) is 4.83 Å². The Bertz CT molecular complexity index is 628. The zero-order chi connectivity index (χ0) is 13.4. The molecule has 1 unspecified atom stereocenters. The Kier molecular flexibility index (Phi) is 3.88. The molecule has 2 aromatic rings. The number of benzene rings is 2. The van der Waals surface area contributed by atoms with Gasteiger partial charge in [-0.05, 0) is 34.9 Å². The van der Waals surface area contributed by atoms with E-state index in [1.165, 1.54) is 16.7 Å². The lowest BCUT2D eigenvalue weighted by Crippen LogP contribution is -1.95. The Hall–Kier alpha value is -0.510. The molecule has 1 aliphatic heterocycles. The minimum absolute atomic E-state index is 0.144. The smallest absolute Gasteiger partial charge is 0.122 e. The molecule has 0 radical (unpaired) electrons. The Morgan fingerprint density at radius 2 is 2.00 bits per heavy atom. The molecule has 0 aliphatic carbocycles. The van der Waals surface area contributed by atoms with E-state index < -0.39 is 0 Å². The van der Waals surface area contributed by atoms with E-state index in [1.807, 2.05) is 18.2 Å². The van der Waals surface area contributed by atoms with Gasteiger partial charge in [0, 0.05) is 15.9 Å². The van der Waals surface area contributed by atoms with E-state index in [0.717, 1.165) is 28.3 Å². The Balaban J connectivity index is 1.97. The largest absolute Gasteiger partial charge is 0.493 e. The predicted molar refractivity (Wildman–Crippen MR) is 85.6 cm³/mol. The summed E-state index contributed by atoms with van der Waals surface area (Å²) in [6.45, 7) is 0.788. The summed E-state index contributed by atoms with van der Waals surface area (Å²) in [6, 6.07) is 12.2. The van der Waals surface area contributed by atoms with Crippen LogP contribution in [-0.2, 0) is 6.42 Å². The molecule has 98 valence electrons. The molecule has 0 saturated heterocycles. The van der Waals surface area contributed by atoms with Crippen molar-refractivity contribution in [3.05, 3.63) is 62.6 Å². The maximum absolute atomic E-state index is 5.98. The Morgan fingerprint density at radius 1 is 1.16 bits per heavy atom. The van der Waals surface area contributed by atoms with Crippen molar-refractivity contribution < 1.29 is 4.74 Å². The lowest BCUT2D eigenvalue weighted by Gasteiger charge is -2.14. The van der Waals surface area contributed by atoms with E-state index in [0.29, 0.717) is 0 Å². The molecule has 4 heteroatoms. The van der Waals surface area contributed by atoms with Gasteiger partial charge < -0.3 is 4.74 Å². The van der Waals surface area contributed by atoms with Crippen molar-refractivity contribution in [2.24, 2.45) is 0 Å². The minimum Gasteiger partial charge on any atom is -0.493 e. The van der Waals surface area contributed by atoms with E-state index in [9.17, 15) is 0 Å². The topological polar surface area (TPSA) is 9.23 Å². The molecule has 1 nitrogen and oxygen atoms in total. The third-order valence-electron chi connectivity index (χ3n) is 3.24. The molecule has 19 heavy (non-hydrogen) atoms. The van der Waals surface area contributed by atoms with Gasteiger partial charge in [0.2, 0.25) is 0 Å². The van der Waals surface area contributed by atoms with Crippen molar-refractivity contribution >= 4 is 43.5 Å². The van der Waals surface area contributed by atoms with Crippen molar-refractivity contribution in [2.75, 3.05) is 6.61 Å². The van der Waals surface area contributed by atoms with Gasteiger partial charge >= 0.3 is 0 Å². The van der Waals surface area contributed by atoms with Gasteiger partial charge in [0.25, 0.3) is 0 Å². The van der Waals surface area contributed by atoms with Gasteiger partial charge in [-0.15, -0.1) is 0 Å². The van der Waals surface area contributed by atoms with Gasteiger partial charge in [0.05, 0.1) is 11.4 Å². The summed E-state index contributed by atoms with van der Waals surface area (Å²) in [6.07, 6.45) is 0.991. The summed E-state index contributed by atoms with van der Waals surface area (Å²) in [5.74, 6) is 1.01. The highest BCUT2D eigenvalue weighted by Gasteiger charge is 2.18. The molecule has 1 atom stereocenters. The van der Waals surface area contributed by atoms with Crippen LogP contribution in [-0.4, -0.2) is 6.61 Å². The summed E-state index contributed by atoms with van der Waals surface area (Å²) in [7, 11) is 0. The van der Waals surface area contributed by atoms with Crippen LogP contribution in [0.5, 0.6) is 5.75 Å². The molecule has 3 rings (SSSR count). The second-order valence-electron chi connectivity index (χ2n) is 4.49. The summed E-state index contributed by atoms with van der Waals surface area (Å²) < 4.78 is 6.55. The van der Waals surface area contributed by atoms with Crippen LogP contribution < -0.4 is 4.74 Å². The van der Waals surface area contributed by atoms with Gasteiger partial charge in [-0.2, -0.15) is 0 Å². The first-order valence-corrected chi connectivity index (χ1v) is 8.08. The van der Waals surface area contributed by atoms with Crippen LogP contribution in [0.4, 0.5) is 0 Å². The molecule has 1 heterocycles. The first-order valence-electron chi connectivity index (χ1n) is 6.00. The lowest BCUT2D eigenvalue weighted by atomic mass is 10.0. The van der Waals surface area contributed by atoms with E-state index >= 15 is 0 Å². The van der Waals surface area contributed by atoms with Gasteiger partial charge in [0.15, 0.2) is 0 Å². The van der Waals surface area contributed by atoms with Crippen LogP contribution in [0.2, 0.25) is 5.02 Å². The number of hydrogen-bond donors (Lipinski definition) is 0. The first kappa shape index (κ1) is 13.5. The van der Waals surface area contributed by atoms with Gasteiger partial charge in [-0.3, -0.25) is 0 Å². The molecule has 0 N–H and O–H groups in total. The molecule has 0 fully saturated rings. The summed E-state index contributed by atoms with van der Waals surface area (Å²) in [5, 5.41) is 0.734. The van der Waals surface area contributed by atoms with Crippen LogP contribution >= 0.6 is 43.5 Å². The predicted octanol–water partition coefficient (Wildman–Crippen LogP) is 5.52. The SMILES string of the molecule is Clc1ccc(C(Br)c2ccc3c(c2)CCO3)c(Br)c1. The molecule has 0 amide bonds. The molecule has 0 spiro atoms. The summed E-state index contributed by atoms with van der Waals surface area (Å²) in [5.41, 5.74) is 3.68. The van der Waals surface area contributed by atoms with Gasteiger partial charge in [-0.25, -0.2) is 0 Å². The number of halogens is 3. The van der Waals surface area contributed by atoms with Crippen LogP contribution in [0, 0.1) is 0 Å². The summed E-state index contributed by atoms with van der Waals surface area (Å²) in [4.78, 5) is 0.144. The quantitative estimate of drug-likeness (QED) is 0.601. The third-order valence-corrected chi connectivity index (χ3v) is 5.19. The maximum Gasteiger partial charge on any atom is 0.122 e. The van der Waals surface area contributed by atoms with Crippen LogP contribution in [0.1, 0.15) is 21.5 Å². The second-order valence-corrected chi connectivity index (χ2v) is 6.70. The van der Waals surface area contributed by atoms with Gasteiger partial charge in [-0.1, -0.05) is 61.7 Å². The highest BCUT2D eigenvalue weighted by molar-refractivity contribution is 9.11. The van der Waals surface area contributed by atoms with Crippen molar-refractivity contribution in [1.82, 2.24) is 0 Å². The van der Waals surface area contributed by atoms with E-state index in [1.54, 1.807) is 0 Å². The highest BCUT2D eigenvalue weighted by atomic mass is 79.9. The average Bonchev–Trinajstić information content (AvgIpc) is 2.85. The van der Waals surface area contributed by atoms with Crippen LogP contribution in [0.25, 0.3) is 0 Å². The van der Waals surface area contributed by atoms with Crippen molar-refractivity contribution in [2.45, 2.75) is 11.2 Å². The fourth-order valence-electron chi connectivity index (χ4n) is 2.25. The maximum atomic E-state index is 5.98. The average molecular weight is 403 g/mol. The van der Waals surface area contributed by atoms with Crippen molar-refractivity contribution in [3.8, 4) is 5.75 Å². The number of rotatable bonds is 2. The van der Waals surface area contributed by atoms with Crippen LogP contribution in [0.3, 0.4) is 0 Å². The van der Waals surface area contributed by atoms with Crippen LogP contribution in [0.15, 0.2) is 40.9 Å². The van der Waals surface area contributed by atoms with E-state index in [4.69, 9.17) is 16.3 Å². The first-order chi connectivity index (χ1) is 9.15. The number of alkyl halides is 1. The highest BCUT2D eigenvalue weighted by Crippen LogP contribution is 2.38. The molecular weight excluding hydrogens is 391 g/mol. The molecule has 1 aliphatic rings. The molecule has 0 bridgehead atoms. The minimum atomic E-state index is 0.144. The molecule has 0 saturated carbocycles. The van der Waals surface area contributed by atoms with Gasteiger partial charge in [0.1, 0.15) is 5.75 Å². The van der Waals surface area contributed by atoms with Crippen molar-refractivity contribution in [3.63, 3.8) is 0 Å². The number of ether oxygens (including phenoxy) is 1. The third kappa shape index (κ3) is 2.69. The molecular formula is C15H11Br2ClO. The fourth-order valence-corrected chi connectivity index (χ4v) is 4.15. The lowest BCUT2D eigenvalue weighted by molar-refractivity contribution is 0.357. The van der Waals surface area contributed by atoms with E-state index in [2.05, 4.69) is 50.1 Å². The van der Waals surface area contributed by atoms with Crippen molar-refractivity contribution in [1.29, 1.82) is 0 Å². The normalized spacial score (nSPS) is 14.9. The zero-order valence-electron chi connectivity index (χ0n) is 10.00. The number of fused-ring (bicyclic) bond motifs is 1. The Labute approximate surface area is 134 Å². The zero-order valence-corrected chi connectivity index (χ0v) is 13.9. The monoisotopic (exact) mass is 400 g/mol. The molecule has 2 aromatic carbocycles. The Morgan fingerprint density at radius 3 is 2.79 bits per heavy atom. The number of hydrogen-bond acceptors (Lipinski definition) is 1. The second kappa shape index (κ2) is 5.47.